The summed E-state index contributed by atoms with van der Waals surface area (Å²) in [5.74, 6) is -14.1. The number of anilines is 1. The van der Waals surface area contributed by atoms with E-state index in [1.165, 1.54) is 12.1 Å². The average Bonchev–Trinajstić information content (AvgIpc) is 3.13. The summed E-state index contributed by atoms with van der Waals surface area (Å²) in [6.07, 6.45) is 3.24. The fourth-order valence-corrected chi connectivity index (χ4v) is 8.88. The number of esters is 1. The maximum atomic E-state index is 14.4. The second kappa shape index (κ2) is 14.1. The zero-order valence-corrected chi connectivity index (χ0v) is 34.1. The Bertz CT molecular complexity index is 3040. The highest BCUT2D eigenvalue weighted by molar-refractivity contribution is 7.86. The number of carbonyl (C=O) groups excluding carboxylic acids is 1. The molecule has 3 aliphatic rings. The van der Waals surface area contributed by atoms with E-state index in [4.69, 9.17) is 4.74 Å². The Hall–Kier alpha value is -5.89. The minimum atomic E-state index is -4.85. The molecule has 0 spiro atoms. The molecule has 0 saturated carbocycles. The summed E-state index contributed by atoms with van der Waals surface area (Å²) in [5.41, 5.74) is -1.31. The van der Waals surface area contributed by atoms with Crippen molar-refractivity contribution in [3.05, 3.63) is 128 Å². The summed E-state index contributed by atoms with van der Waals surface area (Å²) in [6, 6.07) is 9.11. The third-order valence-electron chi connectivity index (χ3n) is 10.8. The van der Waals surface area contributed by atoms with Crippen molar-refractivity contribution < 1.29 is 67.7 Å². The monoisotopic (exact) mass is 870 g/mol. The Kier molecular flexibility index (Phi) is 9.93. The lowest BCUT2D eigenvalue weighted by atomic mass is 9.83. The van der Waals surface area contributed by atoms with Gasteiger partial charge < -0.3 is 24.0 Å². The van der Waals surface area contributed by atoms with Gasteiger partial charge in [0.1, 0.15) is 24.3 Å². The first-order chi connectivity index (χ1) is 27.7. The topological polar surface area (TPSA) is 191 Å². The van der Waals surface area contributed by atoms with E-state index in [-0.39, 0.29) is 56.2 Å². The zero-order chi connectivity index (χ0) is 44.2. The van der Waals surface area contributed by atoms with Crippen LogP contribution in [0.5, 0.6) is 17.2 Å². The molecule has 314 valence electrons. The van der Waals surface area contributed by atoms with Crippen LogP contribution in [0, 0.1) is 23.3 Å². The predicted molar refractivity (Wildman–Crippen MR) is 209 cm³/mol. The molecule has 4 aromatic carbocycles. The van der Waals surface area contributed by atoms with Crippen LogP contribution in [0.15, 0.2) is 60.7 Å². The van der Waals surface area contributed by atoms with Crippen LogP contribution >= 0.6 is 0 Å². The van der Waals surface area contributed by atoms with E-state index in [2.05, 4.69) is 4.74 Å². The second-order valence-electron chi connectivity index (χ2n) is 15.7. The van der Waals surface area contributed by atoms with Crippen LogP contribution in [0.3, 0.4) is 0 Å². The lowest BCUT2D eigenvalue weighted by molar-refractivity contribution is 0.0696. The maximum Gasteiger partial charge on any atom is 0.343 e. The van der Waals surface area contributed by atoms with Crippen molar-refractivity contribution in [3.8, 4) is 17.2 Å². The molecule has 0 saturated heterocycles. The van der Waals surface area contributed by atoms with Gasteiger partial charge in [-0.25, -0.2) is 31.4 Å². The number of hydrogen-bond acceptors (Lipinski definition) is 10. The third kappa shape index (κ3) is 7.46. The first kappa shape index (κ1) is 42.2. The highest BCUT2D eigenvalue weighted by Gasteiger charge is 2.37. The summed E-state index contributed by atoms with van der Waals surface area (Å²) in [7, 11) is -5.97. The molecule has 2 N–H and O–H groups in total. The van der Waals surface area contributed by atoms with Gasteiger partial charge in [-0.15, -0.1) is 0 Å². The minimum absolute atomic E-state index is 0.0912. The molecule has 13 nitrogen and oxygen atoms in total. The SMILES string of the molecule is CN1c2cc3c(cc2C(CS(=O)(=O)O)=CC1(C)C)C(c1ccc(C(=O)Oc2c(F)c(F)cc(F)c2F)cc1C(=O)O)=c1cc2c(cc1O3)=[N+](C)C(C)(C)C=C2CS(=O)(=O)[O-]. The van der Waals surface area contributed by atoms with Crippen LogP contribution in [0.2, 0.25) is 0 Å². The number of aromatic carboxylic acids is 1. The Balaban J connectivity index is 1.55. The van der Waals surface area contributed by atoms with Crippen LogP contribution in [0.25, 0.3) is 16.7 Å². The third-order valence-corrected chi connectivity index (χ3v) is 12.2. The molecule has 0 aliphatic carbocycles. The molecular formula is C41H34F4N2O11S2. The molecule has 7 rings (SSSR count). The number of nitrogens with zero attached hydrogens (tertiary/aromatic N) is 2. The predicted octanol–water partition coefficient (Wildman–Crippen LogP) is 4.85. The smallest absolute Gasteiger partial charge is 0.343 e. The molecule has 0 aromatic heterocycles. The number of ether oxygens (including phenoxy) is 2. The lowest BCUT2D eigenvalue weighted by Gasteiger charge is -2.41. The van der Waals surface area contributed by atoms with Gasteiger partial charge >= 0.3 is 11.9 Å². The number of hydrogen-bond donors (Lipinski definition) is 2. The molecular weight excluding hydrogens is 837 g/mol. The molecule has 0 radical (unpaired) electrons. The van der Waals surface area contributed by atoms with Gasteiger partial charge in [-0.2, -0.15) is 17.2 Å². The van der Waals surface area contributed by atoms with Crippen molar-refractivity contribution in [3.63, 3.8) is 0 Å². The van der Waals surface area contributed by atoms with E-state index in [9.17, 15) is 58.2 Å². The quantitative estimate of drug-likeness (QED) is 0.0539. The molecule has 60 heavy (non-hydrogen) atoms. The number of carboxylic acid groups (broad SMARTS) is 1. The Morgan fingerprint density at radius 1 is 0.833 bits per heavy atom. The molecule has 3 aliphatic heterocycles. The second-order valence-corrected chi connectivity index (χ2v) is 18.5. The fraction of sp³-hybridized carbons (Fsp3) is 0.244. The molecule has 4 aromatic rings. The van der Waals surface area contributed by atoms with Gasteiger partial charge in [-0.05, 0) is 60.9 Å². The Labute approximate surface area is 340 Å². The summed E-state index contributed by atoms with van der Waals surface area (Å²) >= 11 is 0. The van der Waals surface area contributed by atoms with Crippen LogP contribution < -0.4 is 29.5 Å². The van der Waals surface area contributed by atoms with Gasteiger partial charge in [-0.1, -0.05) is 12.1 Å². The summed E-state index contributed by atoms with van der Waals surface area (Å²) in [6.45, 7) is 7.20. The maximum absolute atomic E-state index is 14.4. The van der Waals surface area contributed by atoms with Crippen molar-refractivity contribution in [2.24, 2.45) is 0 Å². The van der Waals surface area contributed by atoms with Gasteiger partial charge in [0.2, 0.25) is 22.7 Å². The molecule has 0 unspecified atom stereocenters. The summed E-state index contributed by atoms with van der Waals surface area (Å²) in [5, 5.41) is 11.2. The number of carbonyl (C=O) groups is 2. The van der Waals surface area contributed by atoms with Crippen molar-refractivity contribution in [1.82, 2.24) is 4.58 Å². The number of rotatable bonds is 8. The first-order valence-corrected chi connectivity index (χ1v) is 21.0. The first-order valence-electron chi connectivity index (χ1n) is 17.8. The molecule has 0 bridgehead atoms. The van der Waals surface area contributed by atoms with Crippen molar-refractivity contribution in [2.75, 3.05) is 30.5 Å². The number of halogens is 4. The van der Waals surface area contributed by atoms with Gasteiger partial charge in [0.25, 0.3) is 10.1 Å². The Morgan fingerprint density at radius 3 is 2.07 bits per heavy atom. The van der Waals surface area contributed by atoms with E-state index in [0.717, 1.165) is 18.2 Å². The molecule has 19 heteroatoms. The molecule has 3 heterocycles. The number of carboxylic acids is 1. The van der Waals surface area contributed by atoms with Crippen molar-refractivity contribution >= 4 is 54.6 Å². The van der Waals surface area contributed by atoms with E-state index in [1.54, 1.807) is 52.2 Å². The Morgan fingerprint density at radius 2 is 1.47 bits per heavy atom. The summed E-state index contributed by atoms with van der Waals surface area (Å²) < 4.78 is 141. The van der Waals surface area contributed by atoms with E-state index >= 15 is 0 Å². The number of likely N-dealkylation sites (N-methyl/N-ethyl adjacent to an activating group) is 2. The van der Waals surface area contributed by atoms with E-state index < -0.39 is 94.9 Å². The largest absolute Gasteiger partial charge is 0.748 e. The highest BCUT2D eigenvalue weighted by atomic mass is 32.2. The van der Waals surface area contributed by atoms with Gasteiger partial charge in [0.05, 0.1) is 44.2 Å². The normalized spacial score (nSPS) is 16.4. The average molecular weight is 871 g/mol. The van der Waals surface area contributed by atoms with Crippen LogP contribution in [0.1, 0.15) is 70.7 Å². The highest BCUT2D eigenvalue weighted by Crippen LogP contribution is 2.47. The van der Waals surface area contributed by atoms with E-state index in [0.29, 0.717) is 16.6 Å². The van der Waals surface area contributed by atoms with Crippen molar-refractivity contribution in [1.29, 1.82) is 0 Å². The molecule has 0 atom stereocenters. The van der Waals surface area contributed by atoms with Crippen molar-refractivity contribution in [2.45, 2.75) is 38.8 Å². The number of fused-ring (bicyclic) bond motifs is 4. The van der Waals surface area contributed by atoms with Gasteiger partial charge in [0, 0.05) is 60.6 Å². The zero-order valence-electron chi connectivity index (χ0n) is 32.5. The lowest BCUT2D eigenvalue weighted by Crippen LogP contribution is -2.47. The van der Waals surface area contributed by atoms with Crippen LogP contribution in [-0.2, 0) is 20.2 Å². The molecule has 0 fully saturated rings. The minimum Gasteiger partial charge on any atom is -0.748 e. The van der Waals surface area contributed by atoms with E-state index in [1.807, 2.05) is 23.3 Å². The molecule has 0 amide bonds. The summed E-state index contributed by atoms with van der Waals surface area (Å²) in [4.78, 5) is 28.1. The van der Waals surface area contributed by atoms with Gasteiger partial charge in [0.15, 0.2) is 17.2 Å². The van der Waals surface area contributed by atoms with Crippen LogP contribution in [-0.4, -0.2) is 79.7 Å². The fourth-order valence-electron chi connectivity index (χ4n) is 7.63. The van der Waals surface area contributed by atoms with Crippen LogP contribution in [0.4, 0.5) is 23.2 Å². The standard InChI is InChI=1S/C41H34F4N2O11S2/c1-40(2)15-20(17-59(51,52)53)23-10-26-32(13-30(23)46(40)5)57-33-14-31-24(21(18-60(54,55)56)16-41(3,4)47(31)6)11-27(33)34(26)22-8-7-19(9-25(22)38(48)49)39(50)58-37-35(44)28(42)12-29(43)36(37)45/h7-16H,17-18H2,1-6H3,(H2-,48,49,51,52,53,54,55,56). The van der Waals surface area contributed by atoms with Gasteiger partial charge in [-0.3, -0.25) is 4.55 Å². The number of benzene rings is 4.